The summed E-state index contributed by atoms with van der Waals surface area (Å²) in [6.07, 6.45) is -1.24. The third-order valence-corrected chi connectivity index (χ3v) is 5.29. The van der Waals surface area contributed by atoms with Crippen LogP contribution in [0.25, 0.3) is 5.69 Å². The highest BCUT2D eigenvalue weighted by atomic mass is 79.9. The topological polar surface area (TPSA) is 120 Å². The molecule has 0 aliphatic carbocycles. The highest BCUT2D eigenvalue weighted by Gasteiger charge is 2.40. The summed E-state index contributed by atoms with van der Waals surface area (Å²) in [6.45, 7) is 0. The maximum absolute atomic E-state index is 12.6. The van der Waals surface area contributed by atoms with E-state index in [9.17, 15) is 19.5 Å². The van der Waals surface area contributed by atoms with Crippen LogP contribution >= 0.6 is 15.9 Å². The molecule has 1 atom stereocenters. The van der Waals surface area contributed by atoms with Crippen LogP contribution < -0.4 is 20.7 Å². The van der Waals surface area contributed by atoms with Crippen LogP contribution in [0.4, 0.5) is 0 Å². The molecular weight excluding hydrogens is 460 g/mol. The molecule has 1 unspecified atom stereocenters. The van der Waals surface area contributed by atoms with E-state index >= 15 is 0 Å². The minimum absolute atomic E-state index is 0.0852. The highest BCUT2D eigenvalue weighted by Crippen LogP contribution is 2.45. The minimum atomic E-state index is -1.24. The zero-order valence-electron chi connectivity index (χ0n) is 15.8. The number of hydrogen-bond donors (Lipinski definition) is 2. The van der Waals surface area contributed by atoms with Gasteiger partial charge < -0.3 is 19.3 Å². The molecule has 4 rings (SSSR count). The van der Waals surface area contributed by atoms with Crippen molar-refractivity contribution in [2.75, 3.05) is 14.2 Å². The van der Waals surface area contributed by atoms with Gasteiger partial charge in [0.1, 0.15) is 11.1 Å². The number of aromatic amines is 1. The molecule has 3 aromatic rings. The zero-order chi connectivity index (χ0) is 21.6. The van der Waals surface area contributed by atoms with E-state index in [0.717, 1.165) is 9.04 Å². The molecule has 30 heavy (non-hydrogen) atoms. The number of nitrogens with zero attached hydrogens (tertiary/aromatic N) is 1. The third-order valence-electron chi connectivity index (χ3n) is 4.76. The number of aromatic hydroxyl groups is 1. The molecule has 154 valence electrons. The number of nitrogens with one attached hydrogen (secondary N) is 1. The Hall–Kier alpha value is -3.53. The summed E-state index contributed by atoms with van der Waals surface area (Å²) < 4.78 is 17.6. The Labute approximate surface area is 177 Å². The van der Waals surface area contributed by atoms with E-state index in [4.69, 9.17) is 14.2 Å². The van der Waals surface area contributed by atoms with Crippen molar-refractivity contribution < 1.29 is 24.1 Å². The van der Waals surface area contributed by atoms with Crippen molar-refractivity contribution in [2.24, 2.45) is 0 Å². The fourth-order valence-electron chi connectivity index (χ4n) is 3.42. The maximum atomic E-state index is 12.6. The van der Waals surface area contributed by atoms with Crippen molar-refractivity contribution in [1.29, 1.82) is 0 Å². The Balaban J connectivity index is 1.95. The number of hydrogen-bond acceptors (Lipinski definition) is 7. The maximum Gasteiger partial charge on any atom is 0.343 e. The van der Waals surface area contributed by atoms with Gasteiger partial charge in [0.25, 0.3) is 5.56 Å². The van der Waals surface area contributed by atoms with Crippen molar-refractivity contribution in [1.82, 2.24) is 9.55 Å². The first-order valence-corrected chi connectivity index (χ1v) is 9.46. The number of H-pyrrole nitrogens is 1. The number of carbonyl (C=O) groups excluding carboxylic acids is 1. The first-order valence-electron chi connectivity index (χ1n) is 8.67. The van der Waals surface area contributed by atoms with Crippen LogP contribution in [-0.4, -0.2) is 34.8 Å². The molecule has 0 bridgehead atoms. The van der Waals surface area contributed by atoms with Gasteiger partial charge in [-0.3, -0.25) is 9.78 Å². The Morgan fingerprint density at radius 1 is 1.07 bits per heavy atom. The molecule has 9 nitrogen and oxygen atoms in total. The van der Waals surface area contributed by atoms with Crippen molar-refractivity contribution in [2.45, 2.75) is 6.10 Å². The van der Waals surface area contributed by atoms with E-state index in [1.807, 2.05) is 0 Å². The van der Waals surface area contributed by atoms with E-state index in [0.29, 0.717) is 17.0 Å². The van der Waals surface area contributed by atoms with Gasteiger partial charge in [-0.25, -0.2) is 14.2 Å². The number of rotatable bonds is 4. The standard InChI is InChI=1S/C20H15BrN2O7/c1-28-12-8-7-11-13(16(12)29-2)19(26)30-15(11)14-17(24)22-20(27)23(18(14)25)10-5-3-9(21)4-6-10/h3-8,15,25H,1-2H3,(H,22,24,27). The number of esters is 1. The Bertz CT molecular complexity index is 1280. The monoisotopic (exact) mass is 474 g/mol. The van der Waals surface area contributed by atoms with E-state index in [-0.39, 0.29) is 16.9 Å². The lowest BCUT2D eigenvalue weighted by atomic mass is 9.99. The van der Waals surface area contributed by atoms with Gasteiger partial charge in [-0.2, -0.15) is 0 Å². The number of benzene rings is 2. The van der Waals surface area contributed by atoms with Crippen LogP contribution in [-0.2, 0) is 4.74 Å². The third kappa shape index (κ3) is 2.96. The first-order chi connectivity index (χ1) is 14.4. The zero-order valence-corrected chi connectivity index (χ0v) is 17.3. The SMILES string of the molecule is COc1ccc2c(c1OC)C(=O)OC2c1c(O)n(-c2ccc(Br)cc2)c(=O)[nH]c1=O. The van der Waals surface area contributed by atoms with Gasteiger partial charge in [-0.05, 0) is 30.3 Å². The second-order valence-corrected chi connectivity index (χ2v) is 7.27. The molecule has 1 aliphatic rings. The van der Waals surface area contributed by atoms with Crippen molar-refractivity contribution >= 4 is 21.9 Å². The number of fused-ring (bicyclic) bond motifs is 1. The molecule has 2 N–H and O–H groups in total. The summed E-state index contributed by atoms with van der Waals surface area (Å²) in [5.41, 5.74) is -1.28. The number of methoxy groups -OCH3 is 2. The largest absolute Gasteiger partial charge is 0.494 e. The first kappa shape index (κ1) is 19.8. The Morgan fingerprint density at radius 3 is 2.40 bits per heavy atom. The summed E-state index contributed by atoms with van der Waals surface area (Å²) in [7, 11) is 2.80. The van der Waals surface area contributed by atoms with Gasteiger partial charge in [-0.15, -0.1) is 0 Å². The van der Waals surface area contributed by atoms with Crippen molar-refractivity contribution in [3.8, 4) is 23.1 Å². The molecule has 2 heterocycles. The predicted octanol–water partition coefficient (Wildman–Crippen LogP) is 2.27. The summed E-state index contributed by atoms with van der Waals surface area (Å²) in [5, 5.41) is 10.9. The molecule has 2 aromatic carbocycles. The summed E-state index contributed by atoms with van der Waals surface area (Å²) in [4.78, 5) is 39.7. The molecule has 0 radical (unpaired) electrons. The van der Waals surface area contributed by atoms with Gasteiger partial charge >= 0.3 is 11.7 Å². The van der Waals surface area contributed by atoms with E-state index in [2.05, 4.69) is 20.9 Å². The fraction of sp³-hybridized carbons (Fsp3) is 0.150. The minimum Gasteiger partial charge on any atom is -0.494 e. The quantitative estimate of drug-likeness (QED) is 0.556. The van der Waals surface area contributed by atoms with Gasteiger partial charge in [0, 0.05) is 10.0 Å². The summed E-state index contributed by atoms with van der Waals surface area (Å²) >= 11 is 3.30. The van der Waals surface area contributed by atoms with E-state index < -0.39 is 29.2 Å². The van der Waals surface area contributed by atoms with Crippen LogP contribution in [0.5, 0.6) is 17.4 Å². The van der Waals surface area contributed by atoms with Crippen molar-refractivity contribution in [3.05, 3.63) is 78.4 Å². The van der Waals surface area contributed by atoms with Gasteiger partial charge in [0.05, 0.1) is 19.9 Å². The van der Waals surface area contributed by atoms with Gasteiger partial charge in [-0.1, -0.05) is 22.0 Å². The lowest BCUT2D eigenvalue weighted by molar-refractivity contribution is 0.0447. The van der Waals surface area contributed by atoms with Crippen LogP contribution in [0, 0.1) is 0 Å². The normalized spacial score (nSPS) is 14.9. The highest BCUT2D eigenvalue weighted by molar-refractivity contribution is 9.10. The number of aromatic nitrogens is 2. The number of cyclic esters (lactones) is 1. The molecule has 1 aromatic heterocycles. The van der Waals surface area contributed by atoms with Crippen LogP contribution in [0.1, 0.15) is 27.6 Å². The molecular formula is C20H15BrN2O7. The Morgan fingerprint density at radius 2 is 1.77 bits per heavy atom. The second-order valence-electron chi connectivity index (χ2n) is 6.36. The lowest BCUT2D eigenvalue weighted by Gasteiger charge is -2.16. The van der Waals surface area contributed by atoms with Crippen molar-refractivity contribution in [3.63, 3.8) is 0 Å². The molecule has 10 heteroatoms. The summed E-state index contributed by atoms with van der Waals surface area (Å²) in [5.74, 6) is -0.913. The smallest absolute Gasteiger partial charge is 0.343 e. The molecule has 0 saturated heterocycles. The lowest BCUT2D eigenvalue weighted by Crippen LogP contribution is -2.32. The molecule has 0 saturated carbocycles. The number of ether oxygens (including phenoxy) is 3. The Kier molecular flexibility index (Phi) is 4.86. The number of carbonyl (C=O) groups is 1. The average molecular weight is 475 g/mol. The predicted molar refractivity (Wildman–Crippen MR) is 109 cm³/mol. The van der Waals surface area contributed by atoms with E-state index in [1.54, 1.807) is 36.4 Å². The van der Waals surface area contributed by atoms with Crippen LogP contribution in [0.3, 0.4) is 0 Å². The molecule has 0 spiro atoms. The molecule has 0 amide bonds. The van der Waals surface area contributed by atoms with Gasteiger partial charge in [0.15, 0.2) is 17.6 Å². The average Bonchev–Trinajstić information content (AvgIpc) is 3.04. The van der Waals surface area contributed by atoms with Crippen LogP contribution in [0.2, 0.25) is 0 Å². The second kappa shape index (κ2) is 7.38. The molecule has 1 aliphatic heterocycles. The van der Waals surface area contributed by atoms with Crippen LogP contribution in [0.15, 0.2) is 50.5 Å². The summed E-state index contributed by atoms with van der Waals surface area (Å²) in [6, 6.07) is 9.61. The van der Waals surface area contributed by atoms with Gasteiger partial charge in [0.2, 0.25) is 5.88 Å². The van der Waals surface area contributed by atoms with E-state index in [1.165, 1.54) is 14.2 Å². The fourth-order valence-corrected chi connectivity index (χ4v) is 3.68. The molecule has 0 fully saturated rings. The number of halogens is 1.